The Kier molecular flexibility index (Phi) is 17.5. The van der Waals surface area contributed by atoms with Crippen LogP contribution < -0.4 is 0 Å². The number of allylic oxidation sites excluding steroid dienone is 3. The minimum absolute atomic E-state index is 0. The summed E-state index contributed by atoms with van der Waals surface area (Å²) in [6.45, 7) is 17.7. The number of hydrogen-bond acceptors (Lipinski definition) is 1. The summed E-state index contributed by atoms with van der Waals surface area (Å²) in [5.41, 5.74) is 1.96. The normalized spacial score (nSPS) is 9.07. The minimum Gasteiger partial charge on any atom is -0.550 e. The summed E-state index contributed by atoms with van der Waals surface area (Å²) in [5, 5.41) is 0. The molecule has 0 aliphatic carbocycles. The van der Waals surface area contributed by atoms with Crippen molar-refractivity contribution < 1.29 is 21.1 Å². The van der Waals surface area contributed by atoms with Gasteiger partial charge in [-0.3, -0.25) is 7.05 Å². The van der Waals surface area contributed by atoms with Gasteiger partial charge in [-0.1, -0.05) is 39.2 Å². The van der Waals surface area contributed by atoms with Gasteiger partial charge in [0.05, 0.1) is 0 Å². The Hall–Kier alpha value is -0.292. The van der Waals surface area contributed by atoms with E-state index < -0.39 is 0 Å². The predicted octanol–water partition coefficient (Wildman–Crippen LogP) is 3.58. The van der Waals surface area contributed by atoms with Crippen molar-refractivity contribution in [1.82, 2.24) is 4.90 Å². The van der Waals surface area contributed by atoms with Gasteiger partial charge < -0.3 is 11.8 Å². The first-order chi connectivity index (χ1) is 6.13. The van der Waals surface area contributed by atoms with Gasteiger partial charge in [0, 0.05) is 5.70 Å². The molecule has 1 nitrogen and oxygen atoms in total. The Morgan fingerprint density at radius 3 is 2.14 bits per heavy atom. The van der Waals surface area contributed by atoms with Crippen molar-refractivity contribution in [3.05, 3.63) is 50.6 Å². The molecule has 2 heteroatoms. The summed E-state index contributed by atoms with van der Waals surface area (Å²) in [4.78, 5) is 1.75. The first-order valence-electron chi connectivity index (χ1n) is 4.49. The first-order valence-corrected chi connectivity index (χ1v) is 4.49. The maximum atomic E-state index is 3.85. The van der Waals surface area contributed by atoms with Crippen LogP contribution in [-0.4, -0.2) is 11.4 Å². The fraction of sp³-hybridized carbons (Fsp3) is 0.333. The fourth-order valence-electron chi connectivity index (χ4n) is 0.657. The molecule has 0 fully saturated rings. The molecule has 0 aliphatic heterocycles. The number of rotatable bonds is 4. The molecule has 0 spiro atoms. The van der Waals surface area contributed by atoms with E-state index in [9.17, 15) is 0 Å². The average Bonchev–Trinajstić information content (AvgIpc) is 2.19. The Morgan fingerprint density at radius 1 is 1.43 bits per heavy atom. The van der Waals surface area contributed by atoms with E-state index in [2.05, 4.69) is 27.1 Å². The second-order valence-corrected chi connectivity index (χ2v) is 2.30. The van der Waals surface area contributed by atoms with Crippen molar-refractivity contribution in [3.8, 4) is 0 Å². The van der Waals surface area contributed by atoms with E-state index >= 15 is 0 Å². The van der Waals surface area contributed by atoms with Crippen LogP contribution in [0.2, 0.25) is 0 Å². The molecule has 0 aromatic carbocycles. The molecule has 0 N–H and O–H groups in total. The molecule has 0 aromatic heterocycles. The molecule has 0 atom stereocenters. The van der Waals surface area contributed by atoms with E-state index in [1.165, 1.54) is 0 Å². The molecule has 0 saturated carbocycles. The van der Waals surface area contributed by atoms with Crippen LogP contribution >= 0.6 is 0 Å². The molecule has 0 bridgehead atoms. The Balaban J connectivity index is -0.000000376. The van der Waals surface area contributed by atoms with Crippen molar-refractivity contribution in [2.45, 2.75) is 20.8 Å². The Morgan fingerprint density at radius 2 is 1.86 bits per heavy atom. The third-order valence-electron chi connectivity index (χ3n) is 1.47. The second kappa shape index (κ2) is 12.7. The maximum absolute atomic E-state index is 3.85. The SMILES string of the molecule is C=C/C=C(/C)C(=C)N([CH2-])C[CH2-].CC.[W+2]. The molecule has 0 saturated heterocycles. The van der Waals surface area contributed by atoms with E-state index in [0.717, 1.165) is 11.3 Å². The van der Waals surface area contributed by atoms with Gasteiger partial charge in [-0.25, -0.2) is 0 Å². The molecule has 0 heterocycles. The topological polar surface area (TPSA) is 3.24 Å². The molecule has 0 amide bonds. The average molecular weight is 363 g/mol. The van der Waals surface area contributed by atoms with Crippen LogP contribution in [0.5, 0.6) is 0 Å². The van der Waals surface area contributed by atoms with E-state index in [1.54, 1.807) is 11.0 Å². The van der Waals surface area contributed by atoms with Crippen molar-refractivity contribution in [1.29, 1.82) is 0 Å². The number of nitrogens with zero attached hydrogens (tertiary/aromatic N) is 1. The smallest absolute Gasteiger partial charge is 0.550 e. The van der Waals surface area contributed by atoms with Gasteiger partial charge in [-0.2, -0.15) is 0 Å². The summed E-state index contributed by atoms with van der Waals surface area (Å²) < 4.78 is 0. The van der Waals surface area contributed by atoms with E-state index in [-0.39, 0.29) is 21.1 Å². The van der Waals surface area contributed by atoms with Crippen molar-refractivity contribution in [3.63, 3.8) is 0 Å². The predicted molar refractivity (Wildman–Crippen MR) is 61.9 cm³/mol. The Bertz CT molecular complexity index is 183. The van der Waals surface area contributed by atoms with E-state index in [4.69, 9.17) is 0 Å². The van der Waals surface area contributed by atoms with Crippen molar-refractivity contribution in [2.75, 3.05) is 6.54 Å². The zero-order valence-corrected chi connectivity index (χ0v) is 12.5. The summed E-state index contributed by atoms with van der Waals surface area (Å²) in [6.07, 6.45) is 3.63. The van der Waals surface area contributed by atoms with Gasteiger partial charge in [0.2, 0.25) is 0 Å². The fourth-order valence-corrected chi connectivity index (χ4v) is 0.657. The zero-order chi connectivity index (χ0) is 10.9. The zero-order valence-electron chi connectivity index (χ0n) is 9.55. The van der Waals surface area contributed by atoms with Gasteiger partial charge in [0.15, 0.2) is 0 Å². The molecule has 80 valence electrons. The van der Waals surface area contributed by atoms with Crippen LogP contribution in [0.15, 0.2) is 36.6 Å². The molecule has 0 unspecified atom stereocenters. The summed E-state index contributed by atoms with van der Waals surface area (Å²) >= 11 is 0. The summed E-state index contributed by atoms with van der Waals surface area (Å²) in [5.74, 6) is 0. The van der Waals surface area contributed by atoms with Crippen LogP contribution in [0.3, 0.4) is 0 Å². The molecule has 0 rings (SSSR count). The third-order valence-corrected chi connectivity index (χ3v) is 1.47. The van der Waals surface area contributed by atoms with Crippen molar-refractivity contribution in [2.24, 2.45) is 0 Å². The summed E-state index contributed by atoms with van der Waals surface area (Å²) in [7, 11) is 3.76. The van der Waals surface area contributed by atoms with Gasteiger partial charge in [0.25, 0.3) is 0 Å². The second-order valence-electron chi connectivity index (χ2n) is 2.30. The minimum atomic E-state index is 0. The number of hydrogen-bond donors (Lipinski definition) is 0. The van der Waals surface area contributed by atoms with Gasteiger partial charge >= 0.3 is 21.1 Å². The van der Waals surface area contributed by atoms with Crippen LogP contribution in [0.1, 0.15) is 20.8 Å². The van der Waals surface area contributed by atoms with E-state index in [0.29, 0.717) is 6.54 Å². The van der Waals surface area contributed by atoms with Gasteiger partial charge in [-0.15, -0.1) is 6.54 Å². The van der Waals surface area contributed by atoms with Crippen molar-refractivity contribution >= 4 is 0 Å². The van der Waals surface area contributed by atoms with Gasteiger partial charge in [0.1, 0.15) is 0 Å². The Labute approximate surface area is 104 Å². The first kappa shape index (κ1) is 19.3. The molecule has 0 aliphatic rings. The molecule has 0 aromatic rings. The third kappa shape index (κ3) is 8.31. The van der Waals surface area contributed by atoms with Gasteiger partial charge in [-0.05, 0) is 12.5 Å². The standard InChI is InChI=1S/C10H15N.C2H6.W/c1-6-8-9(3)10(4)11(5)7-2;1-2;/h6,8H,1-2,4-5,7H2,3H3;1-2H3;/q-2;;+2/b9-8-;;. The van der Waals surface area contributed by atoms with Crippen LogP contribution in [-0.2, 0) is 21.1 Å². The quantitative estimate of drug-likeness (QED) is 0.545. The molecular weight excluding hydrogens is 342 g/mol. The van der Waals surface area contributed by atoms with Crippen LogP contribution in [0, 0.1) is 14.0 Å². The molecule has 14 heavy (non-hydrogen) atoms. The monoisotopic (exact) mass is 363 g/mol. The maximum Gasteiger partial charge on any atom is 2.00 e. The largest absolute Gasteiger partial charge is 2.00 e. The molecule has 0 radical (unpaired) electrons. The summed E-state index contributed by atoms with van der Waals surface area (Å²) in [6, 6.07) is 0. The van der Waals surface area contributed by atoms with E-state index in [1.807, 2.05) is 26.8 Å². The van der Waals surface area contributed by atoms with Crippen LogP contribution in [0.4, 0.5) is 0 Å². The van der Waals surface area contributed by atoms with Crippen LogP contribution in [0.25, 0.3) is 0 Å². The molecular formula is C12H21NW.